The van der Waals surface area contributed by atoms with E-state index in [1.165, 1.54) is 11.1 Å². The zero-order valence-electron chi connectivity index (χ0n) is 16.6. The Bertz CT molecular complexity index is 938. The van der Waals surface area contributed by atoms with Crippen LogP contribution in [0.25, 0.3) is 0 Å². The molecule has 0 spiro atoms. The Hall–Kier alpha value is -3.15. The maximum Gasteiger partial charge on any atom is 0.226 e. The lowest BCUT2D eigenvalue weighted by Crippen LogP contribution is -2.27. The van der Waals surface area contributed by atoms with E-state index in [9.17, 15) is 4.79 Å². The SMILES string of the molecule is COc1ccc(CCc2nc(C3CC(=O)N(CCc4ccccc4)C3)no2)cc1. The number of hydrogen-bond acceptors (Lipinski definition) is 5. The third kappa shape index (κ3) is 4.83. The van der Waals surface area contributed by atoms with Gasteiger partial charge in [0.25, 0.3) is 0 Å². The second-order valence-corrected chi connectivity index (χ2v) is 7.37. The number of carbonyl (C=O) groups is 1. The molecule has 1 fully saturated rings. The van der Waals surface area contributed by atoms with Crippen molar-refractivity contribution >= 4 is 5.91 Å². The van der Waals surface area contributed by atoms with Crippen molar-refractivity contribution in [3.05, 3.63) is 77.4 Å². The highest BCUT2D eigenvalue weighted by Gasteiger charge is 2.33. The van der Waals surface area contributed by atoms with E-state index >= 15 is 0 Å². The van der Waals surface area contributed by atoms with E-state index in [1.807, 2.05) is 47.4 Å². The Morgan fingerprint density at radius 3 is 2.55 bits per heavy atom. The van der Waals surface area contributed by atoms with Gasteiger partial charge in [0.05, 0.1) is 7.11 Å². The predicted molar refractivity (Wildman–Crippen MR) is 109 cm³/mol. The molecule has 0 saturated carbocycles. The predicted octanol–water partition coefficient (Wildman–Crippen LogP) is 3.42. The summed E-state index contributed by atoms with van der Waals surface area (Å²) in [4.78, 5) is 18.8. The fraction of sp³-hybridized carbons (Fsp3) is 0.348. The Labute approximate surface area is 170 Å². The molecule has 29 heavy (non-hydrogen) atoms. The number of hydrogen-bond donors (Lipinski definition) is 0. The first kappa shape index (κ1) is 19.2. The van der Waals surface area contributed by atoms with Crippen molar-refractivity contribution in [3.8, 4) is 5.75 Å². The van der Waals surface area contributed by atoms with E-state index in [1.54, 1.807) is 7.11 Å². The van der Waals surface area contributed by atoms with Gasteiger partial charge in [-0.05, 0) is 36.1 Å². The van der Waals surface area contributed by atoms with Gasteiger partial charge in [0.1, 0.15) is 5.75 Å². The molecule has 2 aromatic carbocycles. The number of aryl methyl sites for hydroxylation is 2. The summed E-state index contributed by atoms with van der Waals surface area (Å²) in [6.45, 7) is 1.38. The lowest BCUT2D eigenvalue weighted by molar-refractivity contribution is -0.127. The van der Waals surface area contributed by atoms with Crippen molar-refractivity contribution in [3.63, 3.8) is 0 Å². The standard InChI is InChI=1S/C23H25N3O3/c1-28-20-10-7-18(8-11-20)9-12-21-24-23(25-29-21)19-15-22(27)26(16-19)14-13-17-5-3-2-4-6-17/h2-8,10-11,19H,9,12-16H2,1H3. The fourth-order valence-corrected chi connectivity index (χ4v) is 3.65. The fourth-order valence-electron chi connectivity index (χ4n) is 3.65. The molecule has 2 heterocycles. The highest BCUT2D eigenvalue weighted by atomic mass is 16.5. The Kier molecular flexibility index (Phi) is 5.89. The smallest absolute Gasteiger partial charge is 0.226 e. The second kappa shape index (κ2) is 8.90. The summed E-state index contributed by atoms with van der Waals surface area (Å²) in [7, 11) is 1.66. The van der Waals surface area contributed by atoms with Crippen molar-refractivity contribution in [1.29, 1.82) is 0 Å². The second-order valence-electron chi connectivity index (χ2n) is 7.37. The molecule has 1 saturated heterocycles. The van der Waals surface area contributed by atoms with Crippen LogP contribution in [0.2, 0.25) is 0 Å². The maximum atomic E-state index is 12.4. The molecule has 0 bridgehead atoms. The third-order valence-corrected chi connectivity index (χ3v) is 5.36. The first-order valence-corrected chi connectivity index (χ1v) is 9.98. The van der Waals surface area contributed by atoms with Crippen molar-refractivity contribution in [2.45, 2.75) is 31.6 Å². The average molecular weight is 391 g/mol. The summed E-state index contributed by atoms with van der Waals surface area (Å²) in [6.07, 6.45) is 2.81. The van der Waals surface area contributed by atoms with E-state index in [2.05, 4.69) is 22.3 Å². The van der Waals surface area contributed by atoms with E-state index in [-0.39, 0.29) is 11.8 Å². The van der Waals surface area contributed by atoms with E-state index < -0.39 is 0 Å². The van der Waals surface area contributed by atoms with Crippen LogP contribution in [0.15, 0.2) is 59.1 Å². The summed E-state index contributed by atoms with van der Waals surface area (Å²) in [5.74, 6) is 2.28. The van der Waals surface area contributed by atoms with Gasteiger partial charge in [-0.3, -0.25) is 4.79 Å². The van der Waals surface area contributed by atoms with E-state index in [4.69, 9.17) is 9.26 Å². The number of carbonyl (C=O) groups excluding carboxylic acids is 1. The highest BCUT2D eigenvalue weighted by Crippen LogP contribution is 2.26. The molecule has 3 aromatic rings. The number of methoxy groups -OCH3 is 1. The van der Waals surface area contributed by atoms with Crippen molar-refractivity contribution in [1.82, 2.24) is 15.0 Å². The Morgan fingerprint density at radius 2 is 1.79 bits per heavy atom. The molecule has 150 valence electrons. The van der Waals surface area contributed by atoms with Crippen LogP contribution in [0.5, 0.6) is 5.75 Å². The van der Waals surface area contributed by atoms with Crippen LogP contribution in [-0.2, 0) is 24.1 Å². The van der Waals surface area contributed by atoms with Crippen LogP contribution in [0.1, 0.15) is 35.2 Å². The zero-order valence-corrected chi connectivity index (χ0v) is 16.6. The largest absolute Gasteiger partial charge is 0.497 e. The number of likely N-dealkylation sites (tertiary alicyclic amines) is 1. The van der Waals surface area contributed by atoms with Crippen LogP contribution in [0, 0.1) is 0 Å². The summed E-state index contributed by atoms with van der Waals surface area (Å²) in [5.41, 5.74) is 2.43. The minimum atomic E-state index is 0.0109. The molecule has 1 aliphatic heterocycles. The monoisotopic (exact) mass is 391 g/mol. The summed E-state index contributed by atoms with van der Waals surface area (Å²) >= 11 is 0. The summed E-state index contributed by atoms with van der Waals surface area (Å²) in [5, 5.41) is 4.14. The van der Waals surface area contributed by atoms with Gasteiger partial charge in [-0.2, -0.15) is 4.98 Å². The number of ether oxygens (including phenoxy) is 1. The molecule has 1 unspecified atom stereocenters. The van der Waals surface area contributed by atoms with Crippen LogP contribution < -0.4 is 4.74 Å². The third-order valence-electron chi connectivity index (χ3n) is 5.36. The molecule has 1 atom stereocenters. The van der Waals surface area contributed by atoms with Crippen molar-refractivity contribution < 1.29 is 14.1 Å². The van der Waals surface area contributed by atoms with E-state index in [0.717, 1.165) is 25.1 Å². The minimum absolute atomic E-state index is 0.0109. The Balaban J connectivity index is 1.30. The van der Waals surface area contributed by atoms with Crippen LogP contribution in [0.3, 0.4) is 0 Å². The summed E-state index contributed by atoms with van der Waals surface area (Å²) in [6, 6.07) is 18.2. The molecule has 0 aliphatic carbocycles. The number of amides is 1. The molecule has 1 aliphatic rings. The van der Waals surface area contributed by atoms with Gasteiger partial charge in [0, 0.05) is 31.8 Å². The van der Waals surface area contributed by atoms with Crippen LogP contribution in [0.4, 0.5) is 0 Å². The normalized spacial score (nSPS) is 16.4. The topological polar surface area (TPSA) is 68.5 Å². The van der Waals surface area contributed by atoms with Gasteiger partial charge in [-0.1, -0.05) is 47.6 Å². The molecule has 0 N–H and O–H groups in total. The number of rotatable bonds is 8. The van der Waals surface area contributed by atoms with Gasteiger partial charge in [0.15, 0.2) is 5.82 Å². The van der Waals surface area contributed by atoms with Crippen molar-refractivity contribution in [2.75, 3.05) is 20.2 Å². The molecule has 4 rings (SSSR count). The van der Waals surface area contributed by atoms with Gasteiger partial charge in [-0.15, -0.1) is 0 Å². The summed E-state index contributed by atoms with van der Waals surface area (Å²) < 4.78 is 10.6. The average Bonchev–Trinajstić information content (AvgIpc) is 3.38. The van der Waals surface area contributed by atoms with Crippen LogP contribution >= 0.6 is 0 Å². The van der Waals surface area contributed by atoms with Gasteiger partial charge >= 0.3 is 0 Å². The molecule has 1 amide bonds. The molecule has 6 nitrogen and oxygen atoms in total. The molecular formula is C23H25N3O3. The molecule has 6 heteroatoms. The molecule has 0 radical (unpaired) electrons. The van der Waals surface area contributed by atoms with E-state index in [0.29, 0.717) is 31.1 Å². The molecule has 1 aromatic heterocycles. The maximum absolute atomic E-state index is 12.4. The quantitative estimate of drug-likeness (QED) is 0.589. The number of benzene rings is 2. The van der Waals surface area contributed by atoms with Crippen LogP contribution in [-0.4, -0.2) is 41.1 Å². The first-order valence-electron chi connectivity index (χ1n) is 9.98. The van der Waals surface area contributed by atoms with Crippen molar-refractivity contribution in [2.24, 2.45) is 0 Å². The number of aromatic nitrogens is 2. The van der Waals surface area contributed by atoms with Gasteiger partial charge in [-0.25, -0.2) is 0 Å². The first-order chi connectivity index (χ1) is 14.2. The zero-order chi connectivity index (χ0) is 20.1. The minimum Gasteiger partial charge on any atom is -0.497 e. The molecular weight excluding hydrogens is 366 g/mol. The highest BCUT2D eigenvalue weighted by molar-refractivity contribution is 5.79. The Morgan fingerprint density at radius 1 is 1.03 bits per heavy atom. The lowest BCUT2D eigenvalue weighted by Gasteiger charge is -2.15. The van der Waals surface area contributed by atoms with Gasteiger partial charge in [0.2, 0.25) is 11.8 Å². The lowest BCUT2D eigenvalue weighted by atomic mass is 10.1. The van der Waals surface area contributed by atoms with Gasteiger partial charge < -0.3 is 14.2 Å². The number of nitrogens with zero attached hydrogens (tertiary/aromatic N) is 3.